The SMILES string of the molecule is CCOC(=O)c1c(COC(C)=O)n(C)c2ccc3ccccc3c12. The van der Waals surface area contributed by atoms with Gasteiger partial charge in [-0.25, -0.2) is 4.79 Å². The zero-order valence-electron chi connectivity index (χ0n) is 14.0. The molecule has 5 nitrogen and oxygen atoms in total. The van der Waals surface area contributed by atoms with Crippen molar-refractivity contribution in [2.24, 2.45) is 7.05 Å². The Morgan fingerprint density at radius 3 is 2.54 bits per heavy atom. The van der Waals surface area contributed by atoms with Crippen molar-refractivity contribution in [2.75, 3.05) is 6.61 Å². The Labute approximate surface area is 139 Å². The number of hydrogen-bond acceptors (Lipinski definition) is 4. The van der Waals surface area contributed by atoms with Crippen LogP contribution >= 0.6 is 0 Å². The molecule has 0 saturated heterocycles. The van der Waals surface area contributed by atoms with E-state index in [1.165, 1.54) is 6.92 Å². The average Bonchev–Trinajstić information content (AvgIpc) is 2.86. The molecule has 3 rings (SSSR count). The topological polar surface area (TPSA) is 57.5 Å². The van der Waals surface area contributed by atoms with Crippen LogP contribution in [0.1, 0.15) is 29.9 Å². The fourth-order valence-electron chi connectivity index (χ4n) is 3.02. The first kappa shape index (κ1) is 16.1. The fraction of sp³-hybridized carbons (Fsp3) is 0.263. The van der Waals surface area contributed by atoms with Crippen LogP contribution in [0.3, 0.4) is 0 Å². The van der Waals surface area contributed by atoms with Crippen LogP contribution in [0.15, 0.2) is 36.4 Å². The van der Waals surface area contributed by atoms with Crippen LogP contribution in [0.5, 0.6) is 0 Å². The van der Waals surface area contributed by atoms with Crippen molar-refractivity contribution in [1.29, 1.82) is 0 Å². The van der Waals surface area contributed by atoms with Crippen LogP contribution < -0.4 is 0 Å². The molecule has 24 heavy (non-hydrogen) atoms. The minimum Gasteiger partial charge on any atom is -0.462 e. The predicted octanol–water partition coefficient (Wildman–Crippen LogP) is 3.57. The maximum absolute atomic E-state index is 12.6. The first-order valence-electron chi connectivity index (χ1n) is 7.84. The number of esters is 2. The molecule has 1 aromatic heterocycles. The van der Waals surface area contributed by atoms with E-state index >= 15 is 0 Å². The average molecular weight is 325 g/mol. The summed E-state index contributed by atoms with van der Waals surface area (Å²) in [5.41, 5.74) is 2.00. The minimum atomic E-state index is -0.401. The number of carbonyl (C=O) groups is 2. The fourth-order valence-corrected chi connectivity index (χ4v) is 3.02. The molecule has 2 aromatic carbocycles. The Morgan fingerprint density at radius 1 is 1.08 bits per heavy atom. The molecule has 0 fully saturated rings. The molecule has 0 bridgehead atoms. The molecule has 1 heterocycles. The van der Waals surface area contributed by atoms with Crippen molar-refractivity contribution in [3.63, 3.8) is 0 Å². The number of ether oxygens (including phenoxy) is 2. The quantitative estimate of drug-likeness (QED) is 0.688. The smallest absolute Gasteiger partial charge is 0.340 e. The highest BCUT2D eigenvalue weighted by Crippen LogP contribution is 2.33. The van der Waals surface area contributed by atoms with E-state index in [0.29, 0.717) is 11.3 Å². The first-order valence-corrected chi connectivity index (χ1v) is 7.84. The standard InChI is InChI=1S/C19H19NO4/c1-4-23-19(22)18-16(11-24-12(2)21)20(3)15-10-9-13-7-5-6-8-14(13)17(15)18/h5-10H,4,11H2,1-3H3. The van der Waals surface area contributed by atoms with Crippen LogP contribution in [-0.4, -0.2) is 23.1 Å². The Kier molecular flexibility index (Phi) is 4.25. The van der Waals surface area contributed by atoms with E-state index in [4.69, 9.17) is 9.47 Å². The van der Waals surface area contributed by atoms with E-state index in [-0.39, 0.29) is 19.2 Å². The molecule has 0 atom stereocenters. The summed E-state index contributed by atoms with van der Waals surface area (Å²) in [5.74, 6) is -0.790. The Balaban J connectivity index is 2.34. The molecule has 0 saturated carbocycles. The predicted molar refractivity (Wildman–Crippen MR) is 91.9 cm³/mol. The van der Waals surface area contributed by atoms with Crippen molar-refractivity contribution < 1.29 is 19.1 Å². The van der Waals surface area contributed by atoms with E-state index in [0.717, 1.165) is 21.7 Å². The maximum atomic E-state index is 12.6. The number of carbonyl (C=O) groups excluding carboxylic acids is 2. The molecule has 0 aliphatic carbocycles. The second kappa shape index (κ2) is 6.35. The van der Waals surface area contributed by atoms with Crippen LogP contribution in [-0.2, 0) is 27.9 Å². The second-order valence-corrected chi connectivity index (χ2v) is 5.56. The summed E-state index contributed by atoms with van der Waals surface area (Å²) in [6.45, 7) is 3.44. The van der Waals surface area contributed by atoms with Gasteiger partial charge in [-0.2, -0.15) is 0 Å². The molecule has 0 unspecified atom stereocenters. The van der Waals surface area contributed by atoms with Gasteiger partial charge in [0.1, 0.15) is 6.61 Å². The molecule has 0 aliphatic rings. The lowest BCUT2D eigenvalue weighted by Crippen LogP contribution is -2.11. The van der Waals surface area contributed by atoms with Crippen molar-refractivity contribution in [3.8, 4) is 0 Å². The van der Waals surface area contributed by atoms with Gasteiger partial charge in [-0.05, 0) is 23.8 Å². The lowest BCUT2D eigenvalue weighted by atomic mass is 10.0. The van der Waals surface area contributed by atoms with E-state index in [1.807, 2.05) is 48.0 Å². The summed E-state index contributed by atoms with van der Waals surface area (Å²) in [5, 5.41) is 2.85. The van der Waals surface area contributed by atoms with Gasteiger partial charge in [-0.15, -0.1) is 0 Å². The zero-order chi connectivity index (χ0) is 17.3. The normalized spacial score (nSPS) is 11.0. The molecule has 124 valence electrons. The highest BCUT2D eigenvalue weighted by atomic mass is 16.5. The summed E-state index contributed by atoms with van der Waals surface area (Å²) < 4.78 is 12.3. The van der Waals surface area contributed by atoms with Gasteiger partial charge in [0.2, 0.25) is 0 Å². The van der Waals surface area contributed by atoms with Crippen molar-refractivity contribution in [2.45, 2.75) is 20.5 Å². The summed E-state index contributed by atoms with van der Waals surface area (Å²) in [7, 11) is 1.86. The van der Waals surface area contributed by atoms with E-state index in [1.54, 1.807) is 6.92 Å². The van der Waals surface area contributed by atoms with E-state index in [2.05, 4.69) is 0 Å². The Hall–Kier alpha value is -2.82. The van der Waals surface area contributed by atoms with Gasteiger partial charge in [0.05, 0.1) is 17.9 Å². The summed E-state index contributed by atoms with van der Waals surface area (Å²) in [6, 6.07) is 11.9. The van der Waals surface area contributed by atoms with Gasteiger partial charge in [-0.3, -0.25) is 4.79 Å². The van der Waals surface area contributed by atoms with E-state index < -0.39 is 5.97 Å². The number of nitrogens with zero attached hydrogens (tertiary/aromatic N) is 1. The number of rotatable bonds is 4. The highest BCUT2D eigenvalue weighted by Gasteiger charge is 2.24. The third-order valence-electron chi connectivity index (χ3n) is 4.10. The van der Waals surface area contributed by atoms with Crippen molar-refractivity contribution in [3.05, 3.63) is 47.7 Å². The van der Waals surface area contributed by atoms with Gasteiger partial charge in [0.15, 0.2) is 0 Å². The molecule has 0 spiro atoms. The van der Waals surface area contributed by atoms with Gasteiger partial charge >= 0.3 is 11.9 Å². The number of hydrogen-bond donors (Lipinski definition) is 0. The van der Waals surface area contributed by atoms with Crippen LogP contribution in [0.4, 0.5) is 0 Å². The van der Waals surface area contributed by atoms with Gasteiger partial charge in [-0.1, -0.05) is 30.3 Å². The number of fused-ring (bicyclic) bond motifs is 3. The zero-order valence-corrected chi connectivity index (χ0v) is 14.0. The molecular formula is C19H19NO4. The Morgan fingerprint density at radius 2 is 1.83 bits per heavy atom. The first-order chi connectivity index (χ1) is 11.5. The lowest BCUT2D eigenvalue weighted by molar-refractivity contribution is -0.142. The largest absolute Gasteiger partial charge is 0.462 e. The molecule has 0 amide bonds. The third-order valence-corrected chi connectivity index (χ3v) is 4.10. The summed E-state index contributed by atoms with van der Waals surface area (Å²) >= 11 is 0. The molecular weight excluding hydrogens is 306 g/mol. The van der Waals surface area contributed by atoms with Crippen LogP contribution in [0, 0.1) is 0 Å². The van der Waals surface area contributed by atoms with E-state index in [9.17, 15) is 9.59 Å². The lowest BCUT2D eigenvalue weighted by Gasteiger charge is -2.07. The second-order valence-electron chi connectivity index (χ2n) is 5.56. The van der Waals surface area contributed by atoms with Crippen molar-refractivity contribution >= 4 is 33.6 Å². The van der Waals surface area contributed by atoms with Crippen LogP contribution in [0.2, 0.25) is 0 Å². The third kappa shape index (κ3) is 2.62. The molecule has 3 aromatic rings. The van der Waals surface area contributed by atoms with Crippen LogP contribution in [0.25, 0.3) is 21.7 Å². The van der Waals surface area contributed by atoms with Gasteiger partial charge in [0, 0.05) is 24.9 Å². The van der Waals surface area contributed by atoms with Gasteiger partial charge < -0.3 is 14.0 Å². The summed E-state index contributed by atoms with van der Waals surface area (Å²) in [6.07, 6.45) is 0. The highest BCUT2D eigenvalue weighted by molar-refractivity contribution is 6.17. The minimum absolute atomic E-state index is 0.0307. The monoisotopic (exact) mass is 325 g/mol. The number of aromatic nitrogens is 1. The maximum Gasteiger partial charge on any atom is 0.340 e. The molecule has 0 N–H and O–H groups in total. The Bertz CT molecular complexity index is 939. The molecule has 0 radical (unpaired) electrons. The number of benzene rings is 2. The molecule has 0 aliphatic heterocycles. The molecule has 5 heteroatoms. The number of aryl methyl sites for hydroxylation is 1. The van der Waals surface area contributed by atoms with Gasteiger partial charge in [0.25, 0.3) is 0 Å². The summed E-state index contributed by atoms with van der Waals surface area (Å²) in [4.78, 5) is 23.8. The van der Waals surface area contributed by atoms with Crippen molar-refractivity contribution in [1.82, 2.24) is 4.57 Å².